The number of carbonyl (C=O) groups is 1. The van der Waals surface area contributed by atoms with Gasteiger partial charge in [-0.15, -0.1) is 0 Å². The van der Waals surface area contributed by atoms with Gasteiger partial charge >= 0.3 is 5.97 Å². The van der Waals surface area contributed by atoms with Crippen molar-refractivity contribution in [1.29, 1.82) is 0 Å². The molecule has 25 heavy (non-hydrogen) atoms. The Hall–Kier alpha value is -1.31. The number of hydrogen-bond donors (Lipinski definition) is 0. The summed E-state index contributed by atoms with van der Waals surface area (Å²) in [5.74, 6) is 0.0170. The first-order chi connectivity index (χ1) is 12.2. The van der Waals surface area contributed by atoms with E-state index in [1.807, 2.05) is 13.8 Å². The van der Waals surface area contributed by atoms with Gasteiger partial charge in [0.2, 0.25) is 0 Å². The minimum absolute atomic E-state index is 0.0402. The Kier molecular flexibility index (Phi) is 18.0. The molecule has 0 aliphatic rings. The Bertz CT molecular complexity index is 380. The number of rotatable bonds is 16. The Balaban J connectivity index is 3.34. The number of carbonyl (C=O) groups excluding carboxylic acids is 1. The zero-order valence-corrected chi connectivity index (χ0v) is 16.8. The van der Waals surface area contributed by atoms with Crippen LogP contribution in [0.5, 0.6) is 0 Å². The van der Waals surface area contributed by atoms with E-state index in [0.29, 0.717) is 6.61 Å². The molecule has 1 atom stereocenters. The standard InChI is InChI=1S/C23H40O2/c1-4-6-7-8-9-10-11-12-13-14-15-16-17-18-19-20-21-22(3)23(24)25-5-2/h6-7,9-10,12-13,22H,4-5,8,11,14-21H2,1-3H3/b7-6-,10-9-,13-12-. The van der Waals surface area contributed by atoms with E-state index in [1.165, 1.54) is 38.5 Å². The molecular formula is C23H40O2. The van der Waals surface area contributed by atoms with Gasteiger partial charge in [-0.05, 0) is 45.4 Å². The topological polar surface area (TPSA) is 26.3 Å². The highest BCUT2D eigenvalue weighted by atomic mass is 16.5. The van der Waals surface area contributed by atoms with Crippen LogP contribution in [0.1, 0.15) is 91.4 Å². The van der Waals surface area contributed by atoms with E-state index in [4.69, 9.17) is 4.74 Å². The van der Waals surface area contributed by atoms with Crippen molar-refractivity contribution in [3.63, 3.8) is 0 Å². The predicted octanol–water partition coefficient (Wildman–Crippen LogP) is 7.17. The van der Waals surface area contributed by atoms with Crippen molar-refractivity contribution in [2.75, 3.05) is 6.61 Å². The Morgan fingerprint density at radius 2 is 1.36 bits per heavy atom. The molecule has 0 aliphatic carbocycles. The largest absolute Gasteiger partial charge is 0.466 e. The van der Waals surface area contributed by atoms with Gasteiger partial charge in [0.15, 0.2) is 0 Å². The Labute approximate surface area is 156 Å². The fraction of sp³-hybridized carbons (Fsp3) is 0.696. The van der Waals surface area contributed by atoms with E-state index in [0.717, 1.165) is 32.1 Å². The fourth-order valence-corrected chi connectivity index (χ4v) is 2.65. The molecule has 0 aliphatic heterocycles. The van der Waals surface area contributed by atoms with Crippen molar-refractivity contribution < 1.29 is 9.53 Å². The van der Waals surface area contributed by atoms with Gasteiger partial charge in [0.1, 0.15) is 0 Å². The molecule has 0 saturated heterocycles. The third kappa shape index (κ3) is 17.3. The van der Waals surface area contributed by atoms with Crippen molar-refractivity contribution in [2.24, 2.45) is 5.92 Å². The molecule has 0 heterocycles. The molecule has 0 spiro atoms. The van der Waals surface area contributed by atoms with Crippen LogP contribution in [-0.2, 0) is 9.53 Å². The molecule has 0 saturated carbocycles. The minimum atomic E-state index is -0.0402. The van der Waals surface area contributed by atoms with Crippen molar-refractivity contribution in [3.8, 4) is 0 Å². The lowest BCUT2D eigenvalue weighted by atomic mass is 10.0. The van der Waals surface area contributed by atoms with Gasteiger partial charge in [0.25, 0.3) is 0 Å². The number of ether oxygens (including phenoxy) is 1. The predicted molar refractivity (Wildman–Crippen MR) is 110 cm³/mol. The van der Waals surface area contributed by atoms with Crippen molar-refractivity contribution in [3.05, 3.63) is 36.5 Å². The highest BCUT2D eigenvalue weighted by Gasteiger charge is 2.12. The van der Waals surface area contributed by atoms with Gasteiger partial charge in [0, 0.05) is 0 Å². The zero-order chi connectivity index (χ0) is 18.6. The number of unbranched alkanes of at least 4 members (excludes halogenated alkanes) is 6. The van der Waals surface area contributed by atoms with Gasteiger partial charge in [-0.1, -0.05) is 82.4 Å². The molecule has 0 rings (SSSR count). The second-order valence-corrected chi connectivity index (χ2v) is 6.65. The lowest BCUT2D eigenvalue weighted by Gasteiger charge is -2.09. The van der Waals surface area contributed by atoms with Gasteiger partial charge in [-0.25, -0.2) is 0 Å². The van der Waals surface area contributed by atoms with Crippen LogP contribution < -0.4 is 0 Å². The highest BCUT2D eigenvalue weighted by Crippen LogP contribution is 2.14. The first-order valence-electron chi connectivity index (χ1n) is 10.3. The lowest BCUT2D eigenvalue weighted by Crippen LogP contribution is -2.14. The summed E-state index contributed by atoms with van der Waals surface area (Å²) in [7, 11) is 0. The monoisotopic (exact) mass is 348 g/mol. The van der Waals surface area contributed by atoms with Crippen LogP contribution in [0.3, 0.4) is 0 Å². The zero-order valence-electron chi connectivity index (χ0n) is 16.8. The summed E-state index contributed by atoms with van der Waals surface area (Å²) in [5.41, 5.74) is 0. The van der Waals surface area contributed by atoms with E-state index in [9.17, 15) is 4.79 Å². The Morgan fingerprint density at radius 3 is 2.00 bits per heavy atom. The molecular weight excluding hydrogens is 308 g/mol. The van der Waals surface area contributed by atoms with E-state index >= 15 is 0 Å². The average Bonchev–Trinajstić information content (AvgIpc) is 2.61. The molecule has 0 radical (unpaired) electrons. The molecule has 0 N–H and O–H groups in total. The third-order valence-corrected chi connectivity index (χ3v) is 4.23. The van der Waals surface area contributed by atoms with Gasteiger partial charge < -0.3 is 4.74 Å². The summed E-state index contributed by atoms with van der Waals surface area (Å²) in [4.78, 5) is 11.5. The molecule has 2 heteroatoms. The summed E-state index contributed by atoms with van der Waals surface area (Å²) >= 11 is 0. The van der Waals surface area contributed by atoms with Crippen LogP contribution in [0.15, 0.2) is 36.5 Å². The summed E-state index contributed by atoms with van der Waals surface area (Å²) in [6.07, 6.45) is 26.5. The molecule has 1 unspecified atom stereocenters. The lowest BCUT2D eigenvalue weighted by molar-refractivity contribution is -0.147. The molecule has 144 valence electrons. The van der Waals surface area contributed by atoms with Gasteiger partial charge in [-0.3, -0.25) is 4.79 Å². The Morgan fingerprint density at radius 1 is 0.800 bits per heavy atom. The van der Waals surface area contributed by atoms with Crippen molar-refractivity contribution >= 4 is 5.97 Å². The van der Waals surface area contributed by atoms with E-state index < -0.39 is 0 Å². The molecule has 0 amide bonds. The molecule has 0 fully saturated rings. The van der Waals surface area contributed by atoms with Crippen LogP contribution >= 0.6 is 0 Å². The molecule has 0 aromatic rings. The summed E-state index contributed by atoms with van der Waals surface area (Å²) in [6, 6.07) is 0. The maximum atomic E-state index is 11.5. The van der Waals surface area contributed by atoms with Crippen molar-refractivity contribution in [2.45, 2.75) is 91.4 Å². The van der Waals surface area contributed by atoms with Crippen LogP contribution in [0, 0.1) is 5.92 Å². The summed E-state index contributed by atoms with van der Waals surface area (Å²) in [6.45, 7) is 6.49. The van der Waals surface area contributed by atoms with Crippen molar-refractivity contribution in [1.82, 2.24) is 0 Å². The first kappa shape index (κ1) is 23.7. The van der Waals surface area contributed by atoms with Crippen LogP contribution in [0.2, 0.25) is 0 Å². The third-order valence-electron chi connectivity index (χ3n) is 4.23. The molecule has 0 bridgehead atoms. The normalized spacial score (nSPS) is 13.2. The maximum absolute atomic E-state index is 11.5. The number of allylic oxidation sites excluding steroid dienone is 6. The first-order valence-corrected chi connectivity index (χ1v) is 10.3. The SMILES string of the molecule is CC/C=C\C/C=C\C/C=C\CCCCCCCCC(C)C(=O)OCC. The second-order valence-electron chi connectivity index (χ2n) is 6.65. The quantitative estimate of drug-likeness (QED) is 0.168. The maximum Gasteiger partial charge on any atom is 0.308 e. The number of hydrogen-bond acceptors (Lipinski definition) is 2. The molecule has 0 aromatic carbocycles. The summed E-state index contributed by atoms with van der Waals surface area (Å²) in [5, 5.41) is 0. The smallest absolute Gasteiger partial charge is 0.308 e. The van der Waals surface area contributed by atoms with E-state index in [2.05, 4.69) is 43.4 Å². The molecule has 0 aromatic heterocycles. The molecule has 2 nitrogen and oxygen atoms in total. The van der Waals surface area contributed by atoms with Gasteiger partial charge in [-0.2, -0.15) is 0 Å². The minimum Gasteiger partial charge on any atom is -0.466 e. The van der Waals surface area contributed by atoms with Gasteiger partial charge in [0.05, 0.1) is 12.5 Å². The summed E-state index contributed by atoms with van der Waals surface area (Å²) < 4.78 is 5.03. The average molecular weight is 349 g/mol. The van der Waals surface area contributed by atoms with E-state index in [1.54, 1.807) is 0 Å². The van der Waals surface area contributed by atoms with Crippen LogP contribution in [-0.4, -0.2) is 12.6 Å². The highest BCUT2D eigenvalue weighted by molar-refractivity contribution is 5.71. The van der Waals surface area contributed by atoms with Crippen LogP contribution in [0.4, 0.5) is 0 Å². The fourth-order valence-electron chi connectivity index (χ4n) is 2.65. The van der Waals surface area contributed by atoms with E-state index in [-0.39, 0.29) is 11.9 Å². The van der Waals surface area contributed by atoms with Crippen LogP contribution in [0.25, 0.3) is 0 Å². The number of esters is 1. The second kappa shape index (κ2) is 19.0.